The lowest BCUT2D eigenvalue weighted by molar-refractivity contribution is -0.301. The Bertz CT molecular complexity index is 1600. The lowest BCUT2D eigenvalue weighted by Crippen LogP contribution is -2.57. The quantitative estimate of drug-likeness (QED) is 0.137. The summed E-state index contributed by atoms with van der Waals surface area (Å²) in [6, 6.07) is 0. The third-order valence-electron chi connectivity index (χ3n) is 13.1. The normalized spacial score (nSPS) is 45.1. The number of nitrogens with zero attached hydrogens (tertiary/aromatic N) is 1. The van der Waals surface area contributed by atoms with Crippen LogP contribution in [0.15, 0.2) is 64.4 Å². The smallest absolute Gasteiger partial charge is 0.316 e. The van der Waals surface area contributed by atoms with Gasteiger partial charge in [0.25, 0.3) is 0 Å². The third kappa shape index (κ3) is 8.08. The zero-order valence-electron chi connectivity index (χ0n) is 33.2. The van der Waals surface area contributed by atoms with Crippen LogP contribution in [0.2, 0.25) is 0 Å². The molecule has 7 rings (SSSR count). The number of esters is 1. The van der Waals surface area contributed by atoms with Crippen LogP contribution in [0.5, 0.6) is 0 Å². The van der Waals surface area contributed by atoms with Crippen LogP contribution in [0.25, 0.3) is 0 Å². The predicted molar refractivity (Wildman–Crippen MR) is 203 cm³/mol. The van der Waals surface area contributed by atoms with Crippen molar-refractivity contribution in [1.82, 2.24) is 0 Å². The SMILES string of the molecule is CO[C@H]1C[C@H](O[C@@H]2C(C)=CC[C@@H]3C[C@@H](C[C@]4(C=C[C@H](C)[C@@H](C5CCCCC5)O4)O3)OC(=O)[C@@H]3C=C(C)/C(=N/O)[C@H]4OCC(=CC=C[C@@H]2C)[C@]43O)O[C@@H](C)[C@@H]1O. The van der Waals surface area contributed by atoms with E-state index >= 15 is 0 Å². The number of fused-ring (bicyclic) bond motifs is 2. The maximum Gasteiger partial charge on any atom is 0.316 e. The summed E-state index contributed by atoms with van der Waals surface area (Å²) in [5, 5.41) is 36.6. The predicted octanol–water partition coefficient (Wildman–Crippen LogP) is 5.85. The fraction of sp³-hybridized carbons (Fsp3) is 0.721. The molecule has 3 N–H and O–H groups in total. The van der Waals surface area contributed by atoms with E-state index in [9.17, 15) is 20.2 Å². The third-order valence-corrected chi connectivity index (χ3v) is 13.1. The summed E-state index contributed by atoms with van der Waals surface area (Å²) in [6.45, 7) is 9.87. The van der Waals surface area contributed by atoms with Crippen molar-refractivity contribution in [2.75, 3.05) is 13.7 Å². The molecule has 14 atom stereocenters. The van der Waals surface area contributed by atoms with Gasteiger partial charge in [0, 0.05) is 38.2 Å². The van der Waals surface area contributed by atoms with Crippen LogP contribution in [0.3, 0.4) is 0 Å². The van der Waals surface area contributed by atoms with E-state index in [2.05, 4.69) is 31.2 Å². The van der Waals surface area contributed by atoms with Gasteiger partial charge in [-0.05, 0) is 68.7 Å². The molecule has 7 aliphatic rings. The summed E-state index contributed by atoms with van der Waals surface area (Å²) in [4.78, 5) is 14.4. The molecular weight excluding hydrogens is 706 g/mol. The van der Waals surface area contributed by atoms with E-state index in [0.717, 1.165) is 18.4 Å². The number of methoxy groups -OCH3 is 1. The Labute approximate surface area is 325 Å². The molecule has 0 aromatic heterocycles. The monoisotopic (exact) mass is 767 g/mol. The minimum Gasteiger partial charge on any atom is -0.462 e. The molecule has 0 amide bonds. The molecule has 304 valence electrons. The second-order valence-electron chi connectivity index (χ2n) is 17.0. The van der Waals surface area contributed by atoms with Gasteiger partial charge in [-0.3, -0.25) is 4.79 Å². The van der Waals surface area contributed by atoms with Gasteiger partial charge in [0.1, 0.15) is 35.5 Å². The van der Waals surface area contributed by atoms with Gasteiger partial charge in [-0.2, -0.15) is 0 Å². The fourth-order valence-corrected chi connectivity index (χ4v) is 9.99. The minimum atomic E-state index is -1.85. The van der Waals surface area contributed by atoms with E-state index in [-0.39, 0.29) is 36.4 Å². The molecule has 2 bridgehead atoms. The molecule has 1 saturated carbocycles. The number of ether oxygens (including phenoxy) is 7. The molecule has 0 unspecified atom stereocenters. The lowest BCUT2D eigenvalue weighted by Gasteiger charge is -2.49. The largest absolute Gasteiger partial charge is 0.462 e. The highest BCUT2D eigenvalue weighted by molar-refractivity contribution is 6.06. The maximum absolute atomic E-state index is 14.4. The number of carbonyl (C=O) groups excluding carboxylic acids is 1. The van der Waals surface area contributed by atoms with Gasteiger partial charge >= 0.3 is 5.97 Å². The number of allylic oxidation sites excluding steroid dienone is 2. The number of carbonyl (C=O) groups is 1. The van der Waals surface area contributed by atoms with Crippen molar-refractivity contribution < 1.29 is 53.4 Å². The summed E-state index contributed by atoms with van der Waals surface area (Å²) in [5.41, 5.74) is 0.299. The topological polar surface area (TPSA) is 155 Å². The van der Waals surface area contributed by atoms with Gasteiger partial charge < -0.3 is 48.6 Å². The lowest BCUT2D eigenvalue weighted by atomic mass is 9.71. The van der Waals surface area contributed by atoms with Crippen molar-refractivity contribution in [3.05, 3.63) is 59.3 Å². The van der Waals surface area contributed by atoms with E-state index in [1.165, 1.54) is 19.3 Å². The average molecular weight is 768 g/mol. The Balaban J connectivity index is 1.26. The summed E-state index contributed by atoms with van der Waals surface area (Å²) >= 11 is 0. The van der Waals surface area contributed by atoms with Crippen molar-refractivity contribution >= 4 is 11.7 Å². The van der Waals surface area contributed by atoms with Crippen molar-refractivity contribution in [1.29, 1.82) is 0 Å². The van der Waals surface area contributed by atoms with Crippen molar-refractivity contribution in [2.24, 2.45) is 28.8 Å². The fourth-order valence-electron chi connectivity index (χ4n) is 9.99. The van der Waals surface area contributed by atoms with Crippen LogP contribution < -0.4 is 0 Å². The molecule has 12 nitrogen and oxygen atoms in total. The summed E-state index contributed by atoms with van der Waals surface area (Å²) in [5.74, 6) is -2.30. The first kappa shape index (κ1) is 40.5. The zero-order chi connectivity index (χ0) is 39.1. The van der Waals surface area contributed by atoms with Crippen molar-refractivity contribution in [3.63, 3.8) is 0 Å². The molecular formula is C43H61NO11. The highest BCUT2D eigenvalue weighted by Gasteiger charge is 2.60. The highest BCUT2D eigenvalue weighted by atomic mass is 16.7. The number of rotatable bonds is 4. The van der Waals surface area contributed by atoms with Gasteiger partial charge in [-0.1, -0.05) is 74.7 Å². The minimum absolute atomic E-state index is 0.0156. The van der Waals surface area contributed by atoms with E-state index in [0.29, 0.717) is 42.7 Å². The van der Waals surface area contributed by atoms with Crippen LogP contribution in [0, 0.1) is 23.7 Å². The van der Waals surface area contributed by atoms with E-state index in [1.807, 2.05) is 32.1 Å². The Morgan fingerprint density at radius 2 is 1.78 bits per heavy atom. The summed E-state index contributed by atoms with van der Waals surface area (Å²) in [7, 11) is 1.58. The van der Waals surface area contributed by atoms with Crippen LogP contribution in [0.4, 0.5) is 0 Å². The molecule has 1 spiro atoms. The molecule has 2 aliphatic carbocycles. The van der Waals surface area contributed by atoms with Gasteiger partial charge in [-0.15, -0.1) is 0 Å². The number of aliphatic hydroxyl groups excluding tert-OH is 1. The number of hydrogen-bond donors (Lipinski definition) is 3. The standard InChI is InChI=1S/C43H61NO11/c1-24-11-10-14-30-23-50-40-36(44-48)27(4)19-33(43(30,40)47)41(46)52-32-20-31(16-15-25(2)38(24)53-35-21-34(49-6)37(45)28(5)51-35)54-42(22-32)18-17-26(3)39(55-42)29-12-8-7-9-13-29/h10-11,14-15,17-19,24,26,28-29,31-35,37-40,45,47-48H,7-9,12-13,16,20-23H2,1-6H3/b11-10?,25-15?,30-14?,44-36-/t24-,26-,28-,31+,32-,33-,34-,35-,37-,38-,39-,40+,42+,43+/m0/s1. The highest BCUT2D eigenvalue weighted by Crippen LogP contribution is 2.47. The Morgan fingerprint density at radius 3 is 2.53 bits per heavy atom. The van der Waals surface area contributed by atoms with Gasteiger partial charge in [0.15, 0.2) is 12.1 Å². The van der Waals surface area contributed by atoms with Crippen LogP contribution in [-0.4, -0.2) is 107 Å². The van der Waals surface area contributed by atoms with Crippen LogP contribution in [0.1, 0.15) is 92.4 Å². The molecule has 0 aromatic carbocycles. The molecule has 3 saturated heterocycles. The van der Waals surface area contributed by atoms with Crippen LogP contribution in [-0.2, 0) is 38.0 Å². The van der Waals surface area contributed by atoms with E-state index in [4.69, 9.17) is 33.2 Å². The van der Waals surface area contributed by atoms with E-state index in [1.54, 1.807) is 26.2 Å². The van der Waals surface area contributed by atoms with Gasteiger partial charge in [0.05, 0.1) is 37.1 Å². The van der Waals surface area contributed by atoms with Crippen molar-refractivity contribution in [3.8, 4) is 0 Å². The maximum atomic E-state index is 14.4. The number of aliphatic hydroxyl groups is 2. The summed E-state index contributed by atoms with van der Waals surface area (Å²) in [6.07, 6.45) is 16.4. The average Bonchev–Trinajstić information content (AvgIpc) is 3.50. The molecule has 55 heavy (non-hydrogen) atoms. The Morgan fingerprint density at radius 1 is 1.00 bits per heavy atom. The first-order valence-electron chi connectivity index (χ1n) is 20.4. The van der Waals surface area contributed by atoms with Gasteiger partial charge in [0.2, 0.25) is 0 Å². The Hall–Kier alpha value is -2.68. The molecule has 5 aliphatic heterocycles. The molecule has 12 heteroatoms. The first-order chi connectivity index (χ1) is 26.4. The molecule has 0 aromatic rings. The van der Waals surface area contributed by atoms with E-state index < -0.39 is 66.2 Å². The number of oxime groups is 1. The number of hydrogen-bond acceptors (Lipinski definition) is 12. The molecule has 5 heterocycles. The van der Waals surface area contributed by atoms with Crippen LogP contribution >= 0.6 is 0 Å². The van der Waals surface area contributed by atoms with Gasteiger partial charge in [-0.25, -0.2) is 0 Å². The Kier molecular flexibility index (Phi) is 12.3. The second kappa shape index (κ2) is 16.7. The van der Waals surface area contributed by atoms with Crippen molar-refractivity contribution in [2.45, 2.75) is 159 Å². The zero-order valence-corrected chi connectivity index (χ0v) is 33.2. The molecule has 4 fully saturated rings. The first-order valence-corrected chi connectivity index (χ1v) is 20.4. The second-order valence-corrected chi connectivity index (χ2v) is 17.0. The molecule has 0 radical (unpaired) electrons. The summed E-state index contributed by atoms with van der Waals surface area (Å²) < 4.78 is 44.9.